The highest BCUT2D eigenvalue weighted by Crippen LogP contribution is 2.38. The van der Waals surface area contributed by atoms with Gasteiger partial charge in [-0.15, -0.1) is 0 Å². The third-order valence-electron chi connectivity index (χ3n) is 3.19. The molecule has 2 rings (SSSR count). The third kappa shape index (κ3) is 3.09. The standard InChI is InChI=1S/C12H13BrF2O2S/c13-11(10-5-6-18(16,17)7-10)8-1-3-9(4-2-8)12(14)15/h1-4,10-12H,5-7H2. The van der Waals surface area contributed by atoms with Crippen molar-refractivity contribution in [1.29, 1.82) is 0 Å². The van der Waals surface area contributed by atoms with Crippen molar-refractivity contribution >= 4 is 25.8 Å². The molecule has 18 heavy (non-hydrogen) atoms. The molecular weight excluding hydrogens is 326 g/mol. The summed E-state index contributed by atoms with van der Waals surface area (Å²) in [4.78, 5) is -0.0958. The van der Waals surface area contributed by atoms with E-state index in [-0.39, 0.29) is 27.8 Å². The molecule has 2 unspecified atom stereocenters. The van der Waals surface area contributed by atoms with Gasteiger partial charge in [0.05, 0.1) is 11.5 Å². The minimum Gasteiger partial charge on any atom is -0.229 e. The Balaban J connectivity index is 2.12. The molecule has 6 heteroatoms. The average Bonchev–Trinajstić information content (AvgIpc) is 2.69. The summed E-state index contributed by atoms with van der Waals surface area (Å²) >= 11 is 3.47. The number of sulfone groups is 1. The Morgan fingerprint density at radius 2 is 1.72 bits per heavy atom. The average molecular weight is 339 g/mol. The first-order valence-corrected chi connectivity index (χ1v) is 8.35. The van der Waals surface area contributed by atoms with E-state index < -0.39 is 16.3 Å². The molecule has 0 N–H and O–H groups in total. The van der Waals surface area contributed by atoms with Crippen LogP contribution in [0, 0.1) is 5.92 Å². The predicted octanol–water partition coefficient (Wildman–Crippen LogP) is 3.49. The molecular formula is C12H13BrF2O2S. The molecule has 1 aliphatic rings. The van der Waals surface area contributed by atoms with Crippen LogP contribution in [0.4, 0.5) is 8.78 Å². The Bertz CT molecular complexity index is 513. The molecule has 0 saturated carbocycles. The lowest BCUT2D eigenvalue weighted by atomic mass is 9.98. The fourth-order valence-corrected chi connectivity index (χ4v) is 5.00. The number of halogens is 3. The summed E-state index contributed by atoms with van der Waals surface area (Å²) in [5.41, 5.74) is 0.832. The lowest BCUT2D eigenvalue weighted by molar-refractivity contribution is 0.151. The van der Waals surface area contributed by atoms with Crippen LogP contribution in [0.2, 0.25) is 0 Å². The molecule has 1 heterocycles. The Kier molecular flexibility index (Phi) is 4.06. The summed E-state index contributed by atoms with van der Waals surface area (Å²) < 4.78 is 47.6. The van der Waals surface area contributed by atoms with Crippen LogP contribution in [0.5, 0.6) is 0 Å². The Labute approximate surface area is 113 Å². The molecule has 100 valence electrons. The van der Waals surface area contributed by atoms with Gasteiger partial charge < -0.3 is 0 Å². The van der Waals surface area contributed by atoms with Crippen molar-refractivity contribution in [3.05, 3.63) is 35.4 Å². The van der Waals surface area contributed by atoms with Gasteiger partial charge in [0, 0.05) is 10.4 Å². The van der Waals surface area contributed by atoms with E-state index in [1.54, 1.807) is 12.1 Å². The number of hydrogen-bond acceptors (Lipinski definition) is 2. The summed E-state index contributed by atoms with van der Waals surface area (Å²) in [5.74, 6) is 0.404. The second-order valence-corrected chi connectivity index (χ2v) is 7.75. The molecule has 1 saturated heterocycles. The van der Waals surface area contributed by atoms with E-state index in [1.807, 2.05) is 0 Å². The molecule has 2 nitrogen and oxygen atoms in total. The second kappa shape index (κ2) is 5.25. The van der Waals surface area contributed by atoms with Gasteiger partial charge >= 0.3 is 0 Å². The first-order chi connectivity index (χ1) is 8.39. The van der Waals surface area contributed by atoms with Crippen molar-refractivity contribution in [3.8, 4) is 0 Å². The molecule has 1 fully saturated rings. The van der Waals surface area contributed by atoms with Gasteiger partial charge in [0.1, 0.15) is 0 Å². The number of rotatable bonds is 3. The molecule has 2 atom stereocenters. The summed E-state index contributed by atoms with van der Waals surface area (Å²) in [6.07, 6.45) is -1.85. The maximum Gasteiger partial charge on any atom is 0.263 e. The molecule has 1 aromatic rings. The van der Waals surface area contributed by atoms with Crippen LogP contribution < -0.4 is 0 Å². The van der Waals surface area contributed by atoms with E-state index in [0.29, 0.717) is 6.42 Å². The molecule has 1 aromatic carbocycles. The first-order valence-electron chi connectivity index (χ1n) is 5.61. The Morgan fingerprint density at radius 1 is 1.17 bits per heavy atom. The third-order valence-corrected chi connectivity index (χ3v) is 6.26. The van der Waals surface area contributed by atoms with E-state index in [4.69, 9.17) is 0 Å². The van der Waals surface area contributed by atoms with Gasteiger partial charge in [0.2, 0.25) is 0 Å². The van der Waals surface area contributed by atoms with Gasteiger partial charge in [-0.05, 0) is 17.9 Å². The smallest absolute Gasteiger partial charge is 0.229 e. The van der Waals surface area contributed by atoms with Crippen LogP contribution in [0.3, 0.4) is 0 Å². The quantitative estimate of drug-likeness (QED) is 0.790. The van der Waals surface area contributed by atoms with Gasteiger partial charge in [0.15, 0.2) is 9.84 Å². The monoisotopic (exact) mass is 338 g/mol. The van der Waals surface area contributed by atoms with Crippen molar-refractivity contribution in [2.24, 2.45) is 5.92 Å². The van der Waals surface area contributed by atoms with Gasteiger partial charge in [0.25, 0.3) is 6.43 Å². The van der Waals surface area contributed by atoms with E-state index in [0.717, 1.165) is 5.56 Å². The maximum atomic E-state index is 12.4. The van der Waals surface area contributed by atoms with Crippen molar-refractivity contribution in [1.82, 2.24) is 0 Å². The highest BCUT2D eigenvalue weighted by molar-refractivity contribution is 9.09. The Morgan fingerprint density at radius 3 is 2.17 bits per heavy atom. The SMILES string of the molecule is O=S1(=O)CCC(C(Br)c2ccc(C(F)F)cc2)C1. The fourth-order valence-electron chi connectivity index (χ4n) is 2.15. The van der Waals surface area contributed by atoms with Crippen LogP contribution in [0.25, 0.3) is 0 Å². The predicted molar refractivity (Wildman–Crippen MR) is 69.8 cm³/mol. The summed E-state index contributed by atoms with van der Waals surface area (Å²) in [6.45, 7) is 0. The van der Waals surface area contributed by atoms with Gasteiger partial charge in [-0.3, -0.25) is 0 Å². The second-order valence-electron chi connectivity index (χ2n) is 4.53. The summed E-state index contributed by atoms with van der Waals surface area (Å²) in [5, 5.41) is 0. The van der Waals surface area contributed by atoms with Crippen LogP contribution in [0.15, 0.2) is 24.3 Å². The van der Waals surface area contributed by atoms with Crippen molar-refractivity contribution in [3.63, 3.8) is 0 Å². The molecule has 0 bridgehead atoms. The van der Waals surface area contributed by atoms with E-state index >= 15 is 0 Å². The number of benzene rings is 1. The Hall–Kier alpha value is -0.490. The fraction of sp³-hybridized carbons (Fsp3) is 0.500. The topological polar surface area (TPSA) is 34.1 Å². The van der Waals surface area contributed by atoms with Crippen LogP contribution in [0.1, 0.15) is 28.8 Å². The van der Waals surface area contributed by atoms with Gasteiger partial charge in [-0.25, -0.2) is 17.2 Å². The summed E-state index contributed by atoms with van der Waals surface area (Å²) in [7, 11) is -2.92. The molecule has 0 radical (unpaired) electrons. The van der Waals surface area contributed by atoms with Gasteiger partial charge in [-0.2, -0.15) is 0 Å². The van der Waals surface area contributed by atoms with Crippen molar-refractivity contribution in [2.45, 2.75) is 17.7 Å². The minimum absolute atomic E-state index is 0.0162. The number of hydrogen-bond donors (Lipinski definition) is 0. The molecule has 1 aliphatic heterocycles. The largest absolute Gasteiger partial charge is 0.263 e. The zero-order valence-corrected chi connectivity index (χ0v) is 11.9. The van der Waals surface area contributed by atoms with E-state index in [1.165, 1.54) is 12.1 Å². The lowest BCUT2D eigenvalue weighted by Gasteiger charge is -2.16. The molecule has 0 amide bonds. The first kappa shape index (κ1) is 13.9. The van der Waals surface area contributed by atoms with E-state index in [2.05, 4.69) is 15.9 Å². The normalized spacial score (nSPS) is 24.3. The van der Waals surface area contributed by atoms with E-state index in [9.17, 15) is 17.2 Å². The highest BCUT2D eigenvalue weighted by atomic mass is 79.9. The molecule has 0 spiro atoms. The zero-order chi connectivity index (χ0) is 13.3. The van der Waals surface area contributed by atoms with Crippen molar-refractivity contribution < 1.29 is 17.2 Å². The van der Waals surface area contributed by atoms with Crippen LogP contribution in [-0.4, -0.2) is 19.9 Å². The lowest BCUT2D eigenvalue weighted by Crippen LogP contribution is -2.10. The van der Waals surface area contributed by atoms with Crippen LogP contribution in [-0.2, 0) is 9.84 Å². The molecule has 0 aromatic heterocycles. The summed E-state index contributed by atoms with van der Waals surface area (Å²) in [6, 6.07) is 6.03. The highest BCUT2D eigenvalue weighted by Gasteiger charge is 2.33. The van der Waals surface area contributed by atoms with Crippen LogP contribution >= 0.6 is 15.9 Å². The minimum atomic E-state index is -2.92. The maximum absolute atomic E-state index is 12.4. The van der Waals surface area contributed by atoms with Crippen molar-refractivity contribution in [2.75, 3.05) is 11.5 Å². The molecule has 0 aliphatic carbocycles. The number of alkyl halides is 3. The van der Waals surface area contributed by atoms with Gasteiger partial charge in [-0.1, -0.05) is 40.2 Å². The zero-order valence-electron chi connectivity index (χ0n) is 9.52.